The number of rotatable bonds is 8. The van der Waals surface area contributed by atoms with Crippen molar-refractivity contribution in [3.8, 4) is 11.5 Å². The van der Waals surface area contributed by atoms with E-state index in [-0.39, 0.29) is 27.5 Å². The Balaban J connectivity index is 4.56. The molecule has 0 aromatic carbocycles. The molecule has 104 valence electrons. The Morgan fingerprint density at radius 2 is 1.78 bits per heavy atom. The number of allylic oxidation sites excluding steroid dienone is 1. The van der Waals surface area contributed by atoms with E-state index in [2.05, 4.69) is 39.2 Å². The Hall–Kier alpha value is 0.266. The van der Waals surface area contributed by atoms with E-state index in [9.17, 15) is 5.11 Å². The molecular formula is C15H28OSiTe. The molecule has 0 rings (SSSR count). The summed E-state index contributed by atoms with van der Waals surface area (Å²) in [6.45, 7) is 9.28. The normalized spacial score (nSPS) is 12.2. The van der Waals surface area contributed by atoms with Gasteiger partial charge in [-0.1, -0.05) is 0 Å². The monoisotopic (exact) mass is 382 g/mol. The molecule has 1 nitrogen and oxygen atoms in total. The van der Waals surface area contributed by atoms with E-state index in [0.717, 1.165) is 0 Å². The third-order valence-electron chi connectivity index (χ3n) is 3.54. The van der Waals surface area contributed by atoms with Crippen LogP contribution in [0.5, 0.6) is 0 Å². The van der Waals surface area contributed by atoms with Gasteiger partial charge in [-0.2, -0.15) is 0 Å². The molecular weight excluding hydrogens is 352 g/mol. The molecule has 0 saturated heterocycles. The maximum atomic E-state index is 9.33. The molecule has 18 heavy (non-hydrogen) atoms. The molecule has 0 saturated carbocycles. The predicted molar refractivity (Wildman–Crippen MR) is 85.6 cm³/mol. The van der Waals surface area contributed by atoms with Crippen molar-refractivity contribution in [2.24, 2.45) is 0 Å². The number of hydrogen-bond donors (Lipinski definition) is 1. The first-order chi connectivity index (χ1) is 8.67. The van der Waals surface area contributed by atoms with E-state index in [4.69, 9.17) is 0 Å². The molecule has 0 atom stereocenters. The quantitative estimate of drug-likeness (QED) is 0.386. The van der Waals surface area contributed by atoms with Crippen LogP contribution in [0.4, 0.5) is 0 Å². The van der Waals surface area contributed by atoms with Gasteiger partial charge in [-0.25, -0.2) is 0 Å². The van der Waals surface area contributed by atoms with Gasteiger partial charge in [0.2, 0.25) is 0 Å². The summed E-state index contributed by atoms with van der Waals surface area (Å²) in [4.78, 5) is 0. The first kappa shape index (κ1) is 18.3. The van der Waals surface area contributed by atoms with Crippen molar-refractivity contribution in [1.82, 2.24) is 0 Å². The zero-order chi connectivity index (χ0) is 13.9. The van der Waals surface area contributed by atoms with E-state index in [1.807, 2.05) is 6.08 Å². The van der Waals surface area contributed by atoms with Gasteiger partial charge in [-0.05, 0) is 0 Å². The van der Waals surface area contributed by atoms with Crippen molar-refractivity contribution in [1.29, 1.82) is 0 Å². The molecule has 0 amide bonds. The van der Waals surface area contributed by atoms with Crippen LogP contribution in [-0.4, -0.2) is 40.7 Å². The van der Waals surface area contributed by atoms with Crippen molar-refractivity contribution in [3.63, 3.8) is 0 Å². The predicted octanol–water partition coefficient (Wildman–Crippen LogP) is 3.84. The number of aliphatic hydroxyl groups is 1. The van der Waals surface area contributed by atoms with Crippen molar-refractivity contribution < 1.29 is 5.11 Å². The summed E-state index contributed by atoms with van der Waals surface area (Å²) in [6, 6.07) is 3.76. The fourth-order valence-corrected chi connectivity index (χ4v) is 6.82. The van der Waals surface area contributed by atoms with Gasteiger partial charge in [0.15, 0.2) is 0 Å². The van der Waals surface area contributed by atoms with Crippen LogP contribution in [0.2, 0.25) is 22.6 Å². The SMILES string of the molecule is CCCC[Te]/C(=C\C#C[Si](CC)(CC)CC)CO. The molecule has 0 heterocycles. The molecule has 0 fully saturated rings. The maximum absolute atomic E-state index is 9.33. The van der Waals surface area contributed by atoms with Crippen LogP contribution in [0.3, 0.4) is 0 Å². The van der Waals surface area contributed by atoms with Crippen molar-refractivity contribution >= 4 is 29.0 Å². The average molecular weight is 380 g/mol. The van der Waals surface area contributed by atoms with Crippen LogP contribution < -0.4 is 0 Å². The van der Waals surface area contributed by atoms with E-state index in [1.54, 1.807) is 0 Å². The fraction of sp³-hybridized carbons (Fsp3) is 0.733. The van der Waals surface area contributed by atoms with Crippen molar-refractivity contribution in [2.75, 3.05) is 6.61 Å². The Labute approximate surface area is 125 Å². The summed E-state index contributed by atoms with van der Waals surface area (Å²) in [5.74, 6) is 3.28. The second kappa shape index (κ2) is 11.1. The van der Waals surface area contributed by atoms with Gasteiger partial charge in [0.1, 0.15) is 0 Å². The topological polar surface area (TPSA) is 20.2 Å². The number of aliphatic hydroxyl groups excluding tert-OH is 1. The zero-order valence-electron chi connectivity index (χ0n) is 12.4. The summed E-state index contributed by atoms with van der Waals surface area (Å²) in [5, 5.41) is 9.33. The molecule has 0 aliphatic carbocycles. The first-order valence-corrected chi connectivity index (χ1v) is 12.6. The molecule has 0 aliphatic heterocycles. The molecule has 0 aliphatic rings. The summed E-state index contributed by atoms with van der Waals surface area (Å²) >= 11 is -0.165. The minimum atomic E-state index is -1.31. The van der Waals surface area contributed by atoms with E-state index < -0.39 is 8.07 Å². The second-order valence-electron chi connectivity index (χ2n) is 4.58. The molecule has 0 unspecified atom stereocenters. The first-order valence-electron chi connectivity index (χ1n) is 7.13. The average Bonchev–Trinajstić information content (AvgIpc) is 2.42. The third kappa shape index (κ3) is 7.00. The summed E-state index contributed by atoms with van der Waals surface area (Å²) < 4.78 is 2.53. The van der Waals surface area contributed by atoms with Crippen LogP contribution >= 0.6 is 0 Å². The zero-order valence-corrected chi connectivity index (χ0v) is 15.7. The third-order valence-corrected chi connectivity index (χ3v) is 11.4. The van der Waals surface area contributed by atoms with E-state index >= 15 is 0 Å². The number of hydrogen-bond acceptors (Lipinski definition) is 1. The van der Waals surface area contributed by atoms with E-state index in [1.165, 1.54) is 39.1 Å². The Morgan fingerprint density at radius 1 is 1.17 bits per heavy atom. The Bertz CT molecular complexity index is 289. The van der Waals surface area contributed by atoms with Gasteiger partial charge in [-0.15, -0.1) is 0 Å². The second-order valence-corrected chi connectivity index (χ2v) is 13.0. The Kier molecular flexibility index (Phi) is 11.3. The van der Waals surface area contributed by atoms with Crippen molar-refractivity contribution in [2.45, 2.75) is 63.1 Å². The van der Waals surface area contributed by atoms with Gasteiger partial charge in [0.05, 0.1) is 0 Å². The van der Waals surface area contributed by atoms with Crippen LogP contribution in [0, 0.1) is 11.5 Å². The van der Waals surface area contributed by atoms with Gasteiger partial charge in [0, 0.05) is 0 Å². The van der Waals surface area contributed by atoms with Crippen LogP contribution in [0.15, 0.2) is 9.70 Å². The molecule has 0 aromatic heterocycles. The molecule has 1 N–H and O–H groups in total. The fourth-order valence-electron chi connectivity index (χ4n) is 1.77. The number of unbranched alkanes of at least 4 members (excludes halogenated alkanes) is 1. The van der Waals surface area contributed by atoms with Gasteiger partial charge >= 0.3 is 125 Å². The van der Waals surface area contributed by atoms with Crippen LogP contribution in [0.25, 0.3) is 0 Å². The van der Waals surface area contributed by atoms with Gasteiger partial charge in [0.25, 0.3) is 0 Å². The van der Waals surface area contributed by atoms with Crippen molar-refractivity contribution in [3.05, 3.63) is 9.70 Å². The summed E-state index contributed by atoms with van der Waals surface area (Å²) in [7, 11) is -1.31. The van der Waals surface area contributed by atoms with Gasteiger partial charge < -0.3 is 0 Å². The summed E-state index contributed by atoms with van der Waals surface area (Å²) in [5.41, 5.74) is 3.56. The Morgan fingerprint density at radius 3 is 2.22 bits per heavy atom. The molecule has 0 spiro atoms. The van der Waals surface area contributed by atoms with E-state index in [0.29, 0.717) is 0 Å². The van der Waals surface area contributed by atoms with Crippen LogP contribution in [-0.2, 0) is 0 Å². The summed E-state index contributed by atoms with van der Waals surface area (Å²) in [6.07, 6.45) is 4.58. The molecule has 3 heteroatoms. The standard InChI is InChI=1S/C15H28OSiTe/c1-5-9-13-18-15(14-16)11-10-12-17(6-2,7-3)8-4/h11,16H,5-9,13-14H2,1-4H3/b15-11-. The van der Waals surface area contributed by atoms with Crippen LogP contribution in [0.1, 0.15) is 40.5 Å². The minimum absolute atomic E-state index is 0.165. The molecule has 0 aromatic rings. The van der Waals surface area contributed by atoms with Gasteiger partial charge in [-0.3, -0.25) is 0 Å². The molecule has 0 radical (unpaired) electrons. The molecule has 0 bridgehead atoms.